The summed E-state index contributed by atoms with van der Waals surface area (Å²) in [5, 5.41) is 7.43. The second-order valence-electron chi connectivity index (χ2n) is 6.46. The van der Waals surface area contributed by atoms with Gasteiger partial charge in [0.25, 0.3) is 0 Å². The number of hydrogen-bond donors (Lipinski definition) is 1. The van der Waals surface area contributed by atoms with Crippen molar-refractivity contribution < 1.29 is 4.79 Å². The Morgan fingerprint density at radius 3 is 2.44 bits per heavy atom. The molecule has 1 N–H and O–H groups in total. The van der Waals surface area contributed by atoms with Crippen LogP contribution in [-0.2, 0) is 4.79 Å². The van der Waals surface area contributed by atoms with Crippen molar-refractivity contribution >= 4 is 11.6 Å². The second-order valence-corrected chi connectivity index (χ2v) is 6.46. The summed E-state index contributed by atoms with van der Waals surface area (Å²) in [6.07, 6.45) is 1.77. The van der Waals surface area contributed by atoms with Crippen LogP contribution in [0.4, 0.5) is 5.69 Å². The van der Waals surface area contributed by atoms with Crippen LogP contribution in [0.5, 0.6) is 0 Å². The van der Waals surface area contributed by atoms with Crippen LogP contribution >= 0.6 is 0 Å². The number of nitrogens with zero attached hydrogens (tertiary/aromatic N) is 3. The van der Waals surface area contributed by atoms with Gasteiger partial charge in [-0.3, -0.25) is 9.69 Å². The van der Waals surface area contributed by atoms with Crippen molar-refractivity contribution in [2.45, 2.75) is 26.8 Å². The standard InChI is InChI=1S/C22H26N4O/c1-4-25(5-2)21(18-10-7-6-8-11-18)22(27)24-19-12-9-13-20(16-19)26-17(3)14-15-23-26/h6-16,21H,4-5H2,1-3H3,(H,24,27). The van der Waals surface area contributed by atoms with E-state index >= 15 is 0 Å². The van der Waals surface area contributed by atoms with E-state index in [0.29, 0.717) is 0 Å². The topological polar surface area (TPSA) is 50.2 Å². The molecule has 0 spiro atoms. The molecular weight excluding hydrogens is 336 g/mol. The van der Waals surface area contributed by atoms with Gasteiger partial charge in [0.1, 0.15) is 6.04 Å². The lowest BCUT2D eigenvalue weighted by molar-refractivity contribution is -0.121. The maximum atomic E-state index is 13.2. The molecule has 0 aliphatic rings. The van der Waals surface area contributed by atoms with Crippen LogP contribution in [0.2, 0.25) is 0 Å². The third kappa shape index (κ3) is 4.26. The molecule has 0 saturated carbocycles. The first-order valence-electron chi connectivity index (χ1n) is 9.35. The van der Waals surface area contributed by atoms with Gasteiger partial charge < -0.3 is 5.32 Å². The number of likely N-dealkylation sites (N-methyl/N-ethyl adjacent to an activating group) is 1. The highest BCUT2D eigenvalue weighted by atomic mass is 16.2. The molecule has 1 aromatic heterocycles. The van der Waals surface area contributed by atoms with Gasteiger partial charge in [0.2, 0.25) is 5.91 Å². The predicted molar refractivity (Wildman–Crippen MR) is 109 cm³/mol. The lowest BCUT2D eigenvalue weighted by Gasteiger charge is -2.29. The summed E-state index contributed by atoms with van der Waals surface area (Å²) in [6, 6.07) is 19.3. The first kappa shape index (κ1) is 18.9. The van der Waals surface area contributed by atoms with E-state index in [-0.39, 0.29) is 11.9 Å². The van der Waals surface area contributed by atoms with Gasteiger partial charge in [0.05, 0.1) is 5.69 Å². The molecule has 1 atom stereocenters. The molecule has 0 bridgehead atoms. The fourth-order valence-electron chi connectivity index (χ4n) is 3.32. The van der Waals surface area contributed by atoms with E-state index in [9.17, 15) is 4.79 Å². The number of anilines is 1. The maximum absolute atomic E-state index is 13.2. The summed E-state index contributed by atoms with van der Waals surface area (Å²) < 4.78 is 1.86. The van der Waals surface area contributed by atoms with Gasteiger partial charge in [0, 0.05) is 17.6 Å². The Bertz CT molecular complexity index is 884. The molecule has 1 amide bonds. The molecular formula is C22H26N4O. The molecule has 2 aromatic carbocycles. The minimum absolute atomic E-state index is 0.0285. The average molecular weight is 362 g/mol. The Morgan fingerprint density at radius 1 is 1.07 bits per heavy atom. The van der Waals surface area contributed by atoms with E-state index in [1.165, 1.54) is 0 Å². The molecule has 0 radical (unpaired) electrons. The average Bonchev–Trinajstić information content (AvgIpc) is 3.12. The monoisotopic (exact) mass is 362 g/mol. The maximum Gasteiger partial charge on any atom is 0.246 e. The van der Waals surface area contributed by atoms with E-state index in [4.69, 9.17) is 0 Å². The molecule has 5 nitrogen and oxygen atoms in total. The van der Waals surface area contributed by atoms with Crippen molar-refractivity contribution in [2.75, 3.05) is 18.4 Å². The number of carbonyl (C=O) groups is 1. The smallest absolute Gasteiger partial charge is 0.246 e. The van der Waals surface area contributed by atoms with Crippen molar-refractivity contribution in [2.24, 2.45) is 0 Å². The van der Waals surface area contributed by atoms with Crippen molar-refractivity contribution in [1.29, 1.82) is 0 Å². The number of rotatable bonds is 7. The minimum Gasteiger partial charge on any atom is -0.324 e. The molecule has 1 heterocycles. The first-order valence-corrected chi connectivity index (χ1v) is 9.35. The molecule has 140 valence electrons. The number of amides is 1. The van der Waals surface area contributed by atoms with Gasteiger partial charge in [-0.15, -0.1) is 0 Å². The number of aryl methyl sites for hydroxylation is 1. The number of benzene rings is 2. The van der Waals surface area contributed by atoms with Crippen molar-refractivity contribution in [3.05, 3.63) is 78.1 Å². The quantitative estimate of drug-likeness (QED) is 0.685. The highest BCUT2D eigenvalue weighted by Crippen LogP contribution is 2.23. The van der Waals surface area contributed by atoms with Gasteiger partial charge in [-0.25, -0.2) is 4.68 Å². The molecule has 1 unspecified atom stereocenters. The SMILES string of the molecule is CCN(CC)C(C(=O)Nc1cccc(-n2nccc2C)c1)c1ccccc1. The summed E-state index contributed by atoms with van der Waals surface area (Å²) in [5.41, 5.74) is 3.73. The fraction of sp³-hybridized carbons (Fsp3) is 0.273. The number of hydrogen-bond acceptors (Lipinski definition) is 3. The predicted octanol–water partition coefficient (Wildman–Crippen LogP) is 4.20. The Labute approximate surface area is 160 Å². The summed E-state index contributed by atoms with van der Waals surface area (Å²) in [5.74, 6) is -0.0285. The zero-order valence-corrected chi connectivity index (χ0v) is 16.1. The minimum atomic E-state index is -0.323. The fourth-order valence-corrected chi connectivity index (χ4v) is 3.32. The molecule has 0 fully saturated rings. The van der Waals surface area contributed by atoms with Crippen LogP contribution in [0.1, 0.15) is 31.1 Å². The highest BCUT2D eigenvalue weighted by molar-refractivity contribution is 5.95. The third-order valence-electron chi connectivity index (χ3n) is 4.73. The largest absolute Gasteiger partial charge is 0.324 e. The zero-order chi connectivity index (χ0) is 19.2. The van der Waals surface area contributed by atoms with Gasteiger partial charge >= 0.3 is 0 Å². The summed E-state index contributed by atoms with van der Waals surface area (Å²) in [4.78, 5) is 15.3. The first-order chi connectivity index (χ1) is 13.1. The Balaban J connectivity index is 1.87. The summed E-state index contributed by atoms with van der Waals surface area (Å²) >= 11 is 0. The molecule has 3 aromatic rings. The van der Waals surface area contributed by atoms with Gasteiger partial charge in [-0.2, -0.15) is 5.10 Å². The number of carbonyl (C=O) groups excluding carboxylic acids is 1. The normalized spacial score (nSPS) is 12.1. The molecule has 27 heavy (non-hydrogen) atoms. The van der Waals surface area contributed by atoms with E-state index in [0.717, 1.165) is 35.7 Å². The van der Waals surface area contributed by atoms with E-state index in [1.54, 1.807) is 6.20 Å². The lowest BCUT2D eigenvalue weighted by Crippen LogP contribution is -2.37. The Kier molecular flexibility index (Phi) is 6.04. The third-order valence-corrected chi connectivity index (χ3v) is 4.73. The van der Waals surface area contributed by atoms with Crippen molar-refractivity contribution in [1.82, 2.24) is 14.7 Å². The zero-order valence-electron chi connectivity index (χ0n) is 16.1. The number of aromatic nitrogens is 2. The molecule has 0 aliphatic heterocycles. The van der Waals surface area contributed by atoms with Crippen LogP contribution < -0.4 is 5.32 Å². The number of nitrogens with one attached hydrogen (secondary N) is 1. The molecule has 0 aliphatic carbocycles. The van der Waals surface area contributed by atoms with E-state index in [1.807, 2.05) is 72.3 Å². The van der Waals surface area contributed by atoms with Crippen LogP contribution in [0.25, 0.3) is 5.69 Å². The van der Waals surface area contributed by atoms with Crippen LogP contribution in [-0.4, -0.2) is 33.7 Å². The van der Waals surface area contributed by atoms with Crippen LogP contribution in [0.3, 0.4) is 0 Å². The van der Waals surface area contributed by atoms with Crippen LogP contribution in [0.15, 0.2) is 66.9 Å². The molecule has 5 heteroatoms. The lowest BCUT2D eigenvalue weighted by atomic mass is 10.0. The van der Waals surface area contributed by atoms with Gasteiger partial charge in [0.15, 0.2) is 0 Å². The molecule has 0 saturated heterocycles. The van der Waals surface area contributed by atoms with Crippen LogP contribution in [0, 0.1) is 6.92 Å². The van der Waals surface area contributed by atoms with Gasteiger partial charge in [-0.1, -0.05) is 50.2 Å². The van der Waals surface area contributed by atoms with E-state index < -0.39 is 0 Å². The molecule has 3 rings (SSSR count). The second kappa shape index (κ2) is 8.64. The Morgan fingerprint density at radius 2 is 1.81 bits per heavy atom. The summed E-state index contributed by atoms with van der Waals surface area (Å²) in [7, 11) is 0. The van der Waals surface area contributed by atoms with Crippen molar-refractivity contribution in [3.63, 3.8) is 0 Å². The highest BCUT2D eigenvalue weighted by Gasteiger charge is 2.25. The van der Waals surface area contributed by atoms with Crippen molar-refractivity contribution in [3.8, 4) is 5.69 Å². The van der Waals surface area contributed by atoms with E-state index in [2.05, 4.69) is 29.2 Å². The van der Waals surface area contributed by atoms with Gasteiger partial charge in [-0.05, 0) is 49.8 Å². The Hall–Kier alpha value is -2.92. The summed E-state index contributed by atoms with van der Waals surface area (Å²) in [6.45, 7) is 7.76.